The third-order valence-electron chi connectivity index (χ3n) is 16.5. The van der Waals surface area contributed by atoms with Crippen LogP contribution in [0.2, 0.25) is 0 Å². The van der Waals surface area contributed by atoms with Crippen molar-refractivity contribution in [3.05, 3.63) is 345 Å². The van der Waals surface area contributed by atoms with E-state index in [4.69, 9.17) is 47.4 Å². The van der Waals surface area contributed by atoms with Crippen LogP contribution >= 0.6 is 0 Å². The Labute approximate surface area is 555 Å². The number of hydrogen-bond donors (Lipinski definition) is 1. The number of rotatable bonds is 24. The smallest absolute Gasteiger partial charge is 0.340 e. The fourth-order valence-electron chi connectivity index (χ4n) is 11.6. The maximum absolute atomic E-state index is 13.9. The second-order valence-electron chi connectivity index (χ2n) is 23.6. The average Bonchev–Trinajstić information content (AvgIpc) is 0.796. The summed E-state index contributed by atoms with van der Waals surface area (Å²) in [6, 6.07) is 89.0. The van der Waals surface area contributed by atoms with Crippen molar-refractivity contribution in [1.29, 1.82) is 0 Å². The van der Waals surface area contributed by atoms with Crippen LogP contribution in [0.4, 0.5) is 0 Å². The molecule has 0 bridgehead atoms. The van der Waals surface area contributed by atoms with Crippen LogP contribution in [0, 0.1) is 13.8 Å². The lowest BCUT2D eigenvalue weighted by molar-refractivity contribution is -0.167. The van der Waals surface area contributed by atoms with Crippen LogP contribution in [0.25, 0.3) is 0 Å². The minimum absolute atomic E-state index is 0.340. The fraction of sp³-hybridized carbons (Fsp3) is 0.193. The molecule has 11 aromatic rings. The first-order chi connectivity index (χ1) is 46.7. The summed E-state index contributed by atoms with van der Waals surface area (Å²) in [5, 5.41) is 11.3. The highest BCUT2D eigenvalue weighted by Gasteiger charge is 2.39. The van der Waals surface area contributed by atoms with Crippen LogP contribution in [0.5, 0.6) is 46.0 Å². The zero-order valence-corrected chi connectivity index (χ0v) is 53.5. The third kappa shape index (κ3) is 17.1. The first kappa shape index (κ1) is 64.3. The minimum Gasteiger partial charge on any atom is -0.488 e. The Morgan fingerprint density at radius 2 is 0.716 bits per heavy atom. The fourth-order valence-corrected chi connectivity index (χ4v) is 11.6. The van der Waals surface area contributed by atoms with Gasteiger partial charge in [-0.05, 0) is 118 Å². The number of carbonyl (C=O) groups excluding carboxylic acids is 1. The Bertz CT molecular complexity index is 4230. The molecule has 2 heterocycles. The summed E-state index contributed by atoms with van der Waals surface area (Å²) in [6.45, 7) is 6.39. The maximum atomic E-state index is 13.9. The SMILES string of the molecule is CO[C@H](C(=O)O[C@@H]1Cc2c(OCc3ccccc3)cc(C)cc2O[C@@H]1c1ccc(OCc2ccccc2)c(OCc2ccccc2)c1)c1ccccc1.Cc1cc(OCc2ccccc2)c2c(c1)O[C@H](c1ccc(OCc3ccccc3)c(OCc3ccccc3)c1)[C@H](O)C2. The van der Waals surface area contributed by atoms with E-state index in [0.29, 0.717) is 92.5 Å². The molecule has 0 amide bonds. The highest BCUT2D eigenvalue weighted by atomic mass is 16.6. The zero-order chi connectivity index (χ0) is 65.1. The molecule has 0 aromatic heterocycles. The van der Waals surface area contributed by atoms with Crippen LogP contribution < -0.4 is 37.9 Å². The molecule has 2 aliphatic rings. The van der Waals surface area contributed by atoms with E-state index in [0.717, 1.165) is 78.3 Å². The number of esters is 1. The van der Waals surface area contributed by atoms with Crippen molar-refractivity contribution < 1.29 is 57.3 Å². The van der Waals surface area contributed by atoms with Crippen molar-refractivity contribution in [2.45, 2.75) is 96.9 Å². The topological polar surface area (TPSA) is 130 Å². The Morgan fingerprint density at radius 1 is 0.389 bits per heavy atom. The van der Waals surface area contributed by atoms with Crippen molar-refractivity contribution >= 4 is 5.97 Å². The van der Waals surface area contributed by atoms with E-state index in [1.54, 1.807) is 0 Å². The third-order valence-corrected chi connectivity index (χ3v) is 16.5. The van der Waals surface area contributed by atoms with Gasteiger partial charge in [-0.2, -0.15) is 0 Å². The van der Waals surface area contributed by atoms with E-state index >= 15 is 0 Å². The Morgan fingerprint density at radius 3 is 1.09 bits per heavy atom. The molecule has 12 heteroatoms. The Balaban J connectivity index is 0.000000187. The molecule has 1 N–H and O–H groups in total. The van der Waals surface area contributed by atoms with Gasteiger partial charge in [-0.3, -0.25) is 0 Å². The molecule has 0 unspecified atom stereocenters. The maximum Gasteiger partial charge on any atom is 0.340 e. The number of aryl methyl sites for hydroxylation is 2. The largest absolute Gasteiger partial charge is 0.488 e. The van der Waals surface area contributed by atoms with Gasteiger partial charge in [-0.1, -0.05) is 224 Å². The molecule has 480 valence electrons. The Kier molecular flexibility index (Phi) is 21.5. The lowest BCUT2D eigenvalue weighted by Gasteiger charge is -2.35. The van der Waals surface area contributed by atoms with Crippen LogP contribution in [0.3, 0.4) is 0 Å². The van der Waals surface area contributed by atoms with Crippen molar-refractivity contribution in [3.8, 4) is 46.0 Å². The number of aliphatic hydroxyl groups is 1. The van der Waals surface area contributed by atoms with Gasteiger partial charge in [-0.15, -0.1) is 0 Å². The van der Waals surface area contributed by atoms with Gasteiger partial charge in [0, 0.05) is 36.6 Å². The first-order valence-electron chi connectivity index (χ1n) is 32.0. The van der Waals surface area contributed by atoms with E-state index in [9.17, 15) is 9.90 Å². The zero-order valence-electron chi connectivity index (χ0n) is 53.5. The quantitative estimate of drug-likeness (QED) is 0.0578. The lowest BCUT2D eigenvalue weighted by atomic mass is 9.92. The van der Waals surface area contributed by atoms with Crippen molar-refractivity contribution in [2.75, 3.05) is 7.11 Å². The van der Waals surface area contributed by atoms with Crippen molar-refractivity contribution in [3.63, 3.8) is 0 Å². The number of methoxy groups -OCH3 is 1. The molecule has 0 spiro atoms. The van der Waals surface area contributed by atoms with Gasteiger partial charge >= 0.3 is 5.97 Å². The van der Waals surface area contributed by atoms with E-state index < -0.39 is 36.5 Å². The second kappa shape index (κ2) is 31.7. The van der Waals surface area contributed by atoms with Gasteiger partial charge in [0.2, 0.25) is 0 Å². The van der Waals surface area contributed by atoms with Gasteiger partial charge in [0.15, 0.2) is 35.2 Å². The summed E-state index contributed by atoms with van der Waals surface area (Å²) in [5.41, 5.74) is 12.3. The summed E-state index contributed by atoms with van der Waals surface area (Å²) in [6.07, 6.45) is -2.88. The number of hydrogen-bond acceptors (Lipinski definition) is 12. The molecule has 0 saturated heterocycles. The minimum atomic E-state index is -0.913. The second-order valence-corrected chi connectivity index (χ2v) is 23.6. The van der Waals surface area contributed by atoms with E-state index in [2.05, 4.69) is 0 Å². The van der Waals surface area contributed by atoms with Gasteiger partial charge in [0.05, 0.1) is 6.10 Å². The molecular weight excluding hydrogens is 1190 g/mol. The van der Waals surface area contributed by atoms with Crippen LogP contribution in [-0.2, 0) is 66.8 Å². The summed E-state index contributed by atoms with van der Waals surface area (Å²) >= 11 is 0. The van der Waals surface area contributed by atoms with Gasteiger partial charge < -0.3 is 52.5 Å². The number of carbonyl (C=O) groups is 1. The summed E-state index contributed by atoms with van der Waals surface area (Å²) in [7, 11) is 1.51. The number of ether oxygens (including phenoxy) is 10. The van der Waals surface area contributed by atoms with Crippen LogP contribution in [0.15, 0.2) is 273 Å². The van der Waals surface area contributed by atoms with E-state index in [1.807, 2.05) is 287 Å². The normalized spacial score (nSPS) is 15.5. The predicted octanol–water partition coefficient (Wildman–Crippen LogP) is 17.5. The van der Waals surface area contributed by atoms with Crippen LogP contribution in [-0.4, -0.2) is 30.4 Å². The summed E-state index contributed by atoms with van der Waals surface area (Å²) in [5.74, 6) is 4.70. The molecule has 0 aliphatic carbocycles. The number of fused-ring (bicyclic) bond motifs is 2. The molecule has 0 radical (unpaired) electrons. The van der Waals surface area contributed by atoms with E-state index in [1.165, 1.54) is 7.11 Å². The lowest BCUT2D eigenvalue weighted by Crippen LogP contribution is -2.36. The standard InChI is InChI=1S/C46H42O7.C37H34O5/c1-32-25-40(50-30-34-17-9-4-10-18-34)38-28-43(53-46(47)45(48-2)36-21-13-6-14-22-36)44(52-41(38)26-32)37-23-24-39(49-29-33-15-7-3-8-16-33)42(27-37)51-31-35-19-11-5-12-20-35;1-26-19-34(40-24-28-13-7-3-8-14-28)31-22-32(38)37(42-35(31)20-26)30-17-18-33(39-23-27-11-5-2-6-12-27)36(21-30)41-25-29-15-9-4-10-16-29/h3-27,43-45H,28-31H2,1-2H3;2-21,32,37-38H,22-25H2,1H3/t43-,44-,45+;32-,37-/m11/s1. The van der Waals surface area contributed by atoms with Crippen molar-refractivity contribution in [2.24, 2.45) is 0 Å². The molecule has 11 aromatic carbocycles. The average molecular weight is 1270 g/mol. The molecule has 12 nitrogen and oxygen atoms in total. The molecule has 0 fully saturated rings. The monoisotopic (exact) mass is 1260 g/mol. The van der Waals surface area contributed by atoms with Crippen LogP contribution in [0.1, 0.15) is 90.6 Å². The predicted molar refractivity (Wildman–Crippen MR) is 366 cm³/mol. The van der Waals surface area contributed by atoms with E-state index in [-0.39, 0.29) is 0 Å². The van der Waals surface area contributed by atoms with Gasteiger partial charge in [-0.25, -0.2) is 4.79 Å². The molecule has 0 saturated carbocycles. The number of benzene rings is 11. The van der Waals surface area contributed by atoms with Crippen molar-refractivity contribution in [1.82, 2.24) is 0 Å². The Hall–Kier alpha value is -10.8. The molecule has 2 aliphatic heterocycles. The molecule has 13 rings (SSSR count). The summed E-state index contributed by atoms with van der Waals surface area (Å²) < 4.78 is 63.1. The molecular formula is C83H76O12. The summed E-state index contributed by atoms with van der Waals surface area (Å²) in [4.78, 5) is 13.9. The molecule has 95 heavy (non-hydrogen) atoms. The number of aliphatic hydroxyl groups excluding tert-OH is 1. The molecule has 5 atom stereocenters. The van der Waals surface area contributed by atoms with Gasteiger partial charge in [0.25, 0.3) is 0 Å². The van der Waals surface area contributed by atoms with Gasteiger partial charge in [0.1, 0.15) is 74.8 Å². The highest BCUT2D eigenvalue weighted by molar-refractivity contribution is 5.77. The first-order valence-corrected chi connectivity index (χ1v) is 32.0. The highest BCUT2D eigenvalue weighted by Crippen LogP contribution is 2.46.